The summed E-state index contributed by atoms with van der Waals surface area (Å²) in [5.41, 5.74) is 2.08. The number of fused-ring (bicyclic) bond motifs is 2. The lowest BCUT2D eigenvalue weighted by Crippen LogP contribution is -2.68. The molecule has 1 saturated carbocycles. The van der Waals surface area contributed by atoms with Crippen LogP contribution in [0.5, 0.6) is 17.2 Å². The number of nitrogens with zero attached hydrogens (tertiary/aromatic N) is 6. The van der Waals surface area contributed by atoms with E-state index in [1.807, 2.05) is 0 Å². The van der Waals surface area contributed by atoms with Gasteiger partial charge in [0.2, 0.25) is 0 Å². The van der Waals surface area contributed by atoms with Crippen molar-refractivity contribution in [1.29, 1.82) is 0 Å². The average molecular weight is 1010 g/mol. The molecule has 2 aromatic heterocycles. The van der Waals surface area contributed by atoms with Gasteiger partial charge in [0.1, 0.15) is 29.6 Å². The van der Waals surface area contributed by atoms with Crippen LogP contribution in [0.25, 0.3) is 11.0 Å². The van der Waals surface area contributed by atoms with Crippen molar-refractivity contribution in [3.05, 3.63) is 106 Å². The molecule has 4 fully saturated rings. The predicted octanol–water partition coefficient (Wildman–Crippen LogP) is 7.70. The lowest BCUT2D eigenvalue weighted by Gasteiger charge is -2.60. The number of nitrogens with one attached hydrogen (secondary N) is 3. The van der Waals surface area contributed by atoms with Crippen molar-refractivity contribution in [2.45, 2.75) is 87.8 Å². The highest BCUT2D eigenvalue weighted by atomic mass is 32.2. The second-order valence-corrected chi connectivity index (χ2v) is 22.3. The molecule has 0 unspecified atom stereocenters. The van der Waals surface area contributed by atoms with E-state index in [0.717, 1.165) is 38.1 Å². The Balaban J connectivity index is 0.863. The molecule has 382 valence electrons. The van der Waals surface area contributed by atoms with Crippen molar-refractivity contribution < 1.29 is 46.6 Å². The van der Waals surface area contributed by atoms with E-state index in [1.165, 1.54) is 42.8 Å². The van der Waals surface area contributed by atoms with E-state index in [-0.39, 0.29) is 75.6 Å². The molecule has 0 radical (unpaired) electrons. The predicted molar refractivity (Wildman–Crippen MR) is 265 cm³/mol. The summed E-state index contributed by atoms with van der Waals surface area (Å²) in [6.07, 6.45) is 6.46. The molecule has 2 amide bonds. The average Bonchev–Trinajstić information content (AvgIpc) is 3.73. The fraction of sp³-hybridized carbons (Fsp3) is 0.471. The minimum atomic E-state index is -4.75. The Morgan fingerprint density at radius 3 is 2.50 bits per heavy atom. The number of ether oxygens (including phenoxy) is 3. The van der Waals surface area contributed by atoms with Gasteiger partial charge in [-0.1, -0.05) is 38.1 Å². The number of benzene rings is 3. The standard InChI is InChI=1S/C51H60FN9O10S/c1-31(2)36-7-5-6-8-37(36)43-27-58(49(63)69-4)19-20-60(43)59-29-51(30-59)15-17-57(18-16-51)33-9-10-38(44(21-33)71-34-22-39-40(52)26-54-47(39)53-25-34)48(62)56-72(67,68)35-23-42(61(65)66)46-45(24-35)70-28-41(55-46)32-11-13-50(3,64)14-12-32/h5-10,21-26,31-32,41,43,55,64H,11-20,27-30H2,1-4H3,(H,53,54)(H,56,62)/t32?,41-,43-,50?/m1/s1. The summed E-state index contributed by atoms with van der Waals surface area (Å²) in [6.45, 7) is 11.1. The van der Waals surface area contributed by atoms with E-state index in [0.29, 0.717) is 70.0 Å². The molecule has 21 heteroatoms. The maximum Gasteiger partial charge on any atom is 0.409 e. The van der Waals surface area contributed by atoms with E-state index >= 15 is 0 Å². The molecule has 72 heavy (non-hydrogen) atoms. The first-order chi connectivity index (χ1) is 34.4. The van der Waals surface area contributed by atoms with Gasteiger partial charge in [0.05, 0.1) is 51.8 Å². The number of nitro groups is 1. The fourth-order valence-electron chi connectivity index (χ4n) is 11.3. The Kier molecular flexibility index (Phi) is 13.0. The van der Waals surface area contributed by atoms with Gasteiger partial charge >= 0.3 is 6.09 Å². The minimum absolute atomic E-state index is 0.0227. The third-order valence-electron chi connectivity index (χ3n) is 15.5. The number of rotatable bonds is 11. The van der Waals surface area contributed by atoms with Gasteiger partial charge in [-0.05, 0) is 86.6 Å². The molecule has 5 aromatic rings. The Morgan fingerprint density at radius 1 is 1.03 bits per heavy atom. The topological polar surface area (TPSA) is 225 Å². The molecule has 2 atom stereocenters. The highest BCUT2D eigenvalue weighted by molar-refractivity contribution is 7.90. The number of aromatic amines is 1. The van der Waals surface area contributed by atoms with Crippen LogP contribution >= 0.6 is 0 Å². The third kappa shape index (κ3) is 9.61. The first-order valence-corrected chi connectivity index (χ1v) is 26.0. The first-order valence-electron chi connectivity index (χ1n) is 24.5. The van der Waals surface area contributed by atoms with Crippen molar-refractivity contribution >= 4 is 50.1 Å². The SMILES string of the molecule is COC(=O)N1CCN(N2CC3(CCN(c4ccc(C(=O)NS(=O)(=O)c5cc6c(c([N+](=O)[O-])c5)N[C@@H](C5CCC(C)(O)CC5)CO6)c(Oc5cnc6[nH]cc(F)c6c5)c4)CC3)C2)[C@@H](c2ccccc2C(C)C)C1. The summed E-state index contributed by atoms with van der Waals surface area (Å²) in [7, 11) is -3.33. The monoisotopic (exact) mass is 1010 g/mol. The highest BCUT2D eigenvalue weighted by Gasteiger charge is 2.49. The van der Waals surface area contributed by atoms with Gasteiger partial charge in [-0.25, -0.2) is 37.3 Å². The summed E-state index contributed by atoms with van der Waals surface area (Å²) >= 11 is 0. The summed E-state index contributed by atoms with van der Waals surface area (Å²) in [5, 5.41) is 31.1. The van der Waals surface area contributed by atoms with Gasteiger partial charge in [0.15, 0.2) is 11.4 Å². The van der Waals surface area contributed by atoms with Gasteiger partial charge in [0.25, 0.3) is 21.6 Å². The molecule has 5 aliphatic rings. The number of carbonyl (C=O) groups is 2. The fourth-order valence-corrected chi connectivity index (χ4v) is 12.3. The van der Waals surface area contributed by atoms with Crippen molar-refractivity contribution in [2.75, 3.05) is 69.7 Å². The summed E-state index contributed by atoms with van der Waals surface area (Å²) in [6, 6.07) is 16.4. The number of sulfonamides is 1. The summed E-state index contributed by atoms with van der Waals surface area (Å²) < 4.78 is 62.2. The minimum Gasteiger partial charge on any atom is -0.489 e. The largest absolute Gasteiger partial charge is 0.489 e. The van der Waals surface area contributed by atoms with Gasteiger partial charge in [-0.15, -0.1) is 0 Å². The van der Waals surface area contributed by atoms with Crippen LogP contribution in [-0.4, -0.2) is 127 Å². The molecule has 19 nitrogen and oxygen atoms in total. The number of pyridine rings is 1. The maximum absolute atomic E-state index is 14.7. The molecule has 6 heterocycles. The number of nitro benzene ring substituents is 1. The van der Waals surface area contributed by atoms with E-state index in [1.54, 1.807) is 24.0 Å². The molecule has 3 aromatic carbocycles. The van der Waals surface area contributed by atoms with E-state index in [9.17, 15) is 37.6 Å². The number of aliphatic hydroxyl groups is 1. The van der Waals surface area contributed by atoms with Crippen molar-refractivity contribution in [3.8, 4) is 17.2 Å². The van der Waals surface area contributed by atoms with Gasteiger partial charge in [-0.3, -0.25) is 14.9 Å². The van der Waals surface area contributed by atoms with E-state index in [4.69, 9.17) is 14.2 Å². The Labute approximate surface area is 416 Å². The molecule has 4 aliphatic heterocycles. The lowest BCUT2D eigenvalue weighted by atomic mass is 9.72. The number of halogens is 1. The zero-order valence-corrected chi connectivity index (χ0v) is 41.5. The number of carbonyl (C=O) groups excluding carboxylic acids is 2. The smallest absolute Gasteiger partial charge is 0.409 e. The van der Waals surface area contributed by atoms with Crippen LogP contribution < -0.4 is 24.4 Å². The molecular weight excluding hydrogens is 950 g/mol. The quantitative estimate of drug-likeness (QED) is 0.0735. The number of piperazine rings is 1. The van der Waals surface area contributed by atoms with Crippen LogP contribution in [-0.2, 0) is 14.8 Å². The number of amides is 2. The third-order valence-corrected chi connectivity index (χ3v) is 16.8. The van der Waals surface area contributed by atoms with Crippen molar-refractivity contribution in [1.82, 2.24) is 29.6 Å². The zero-order valence-electron chi connectivity index (χ0n) is 40.7. The first kappa shape index (κ1) is 49.0. The van der Waals surface area contributed by atoms with Crippen LogP contribution in [0.4, 0.5) is 26.2 Å². The summed E-state index contributed by atoms with van der Waals surface area (Å²) in [4.78, 5) is 49.0. The molecule has 10 rings (SSSR count). The second kappa shape index (κ2) is 19.1. The zero-order chi connectivity index (χ0) is 50.7. The molecule has 1 spiro atoms. The lowest BCUT2D eigenvalue weighted by molar-refractivity contribution is -0.384. The van der Waals surface area contributed by atoms with Crippen LogP contribution in [0.2, 0.25) is 0 Å². The highest BCUT2D eigenvalue weighted by Crippen LogP contribution is 2.47. The van der Waals surface area contributed by atoms with Crippen LogP contribution in [0, 0.1) is 27.3 Å². The Hall–Kier alpha value is -6.55. The van der Waals surface area contributed by atoms with Crippen molar-refractivity contribution in [2.24, 2.45) is 11.3 Å². The number of H-pyrrole nitrogens is 1. The summed E-state index contributed by atoms with van der Waals surface area (Å²) in [5.74, 6) is -1.23. The number of anilines is 2. The molecular formula is C51H60FN9O10S. The molecule has 4 N–H and O–H groups in total. The van der Waals surface area contributed by atoms with E-state index in [2.05, 4.69) is 73.0 Å². The number of hydrogen-bond donors (Lipinski definition) is 4. The van der Waals surface area contributed by atoms with Gasteiger partial charge in [-0.2, -0.15) is 0 Å². The van der Waals surface area contributed by atoms with Crippen LogP contribution in [0.3, 0.4) is 0 Å². The number of aromatic nitrogens is 2. The Bertz CT molecular complexity index is 3020. The normalized spacial score (nSPS) is 23.5. The molecule has 0 bridgehead atoms. The van der Waals surface area contributed by atoms with Crippen LogP contribution in [0.1, 0.15) is 92.7 Å². The molecule has 1 aliphatic carbocycles. The maximum atomic E-state index is 14.7. The number of hydrazine groups is 1. The van der Waals surface area contributed by atoms with Crippen molar-refractivity contribution in [3.63, 3.8) is 0 Å². The Morgan fingerprint density at radius 2 is 1.78 bits per heavy atom. The number of piperidine rings is 1. The second-order valence-electron chi connectivity index (χ2n) is 20.6. The van der Waals surface area contributed by atoms with Gasteiger partial charge < -0.3 is 39.4 Å². The van der Waals surface area contributed by atoms with Crippen LogP contribution in [0.15, 0.2) is 78.0 Å². The van der Waals surface area contributed by atoms with E-state index < -0.39 is 42.9 Å². The number of methoxy groups -OCH3 is 1. The number of hydrogen-bond acceptors (Lipinski definition) is 15. The van der Waals surface area contributed by atoms with Gasteiger partial charge in [0, 0.05) is 81.3 Å². The molecule has 3 saturated heterocycles.